The van der Waals surface area contributed by atoms with Crippen LogP contribution in [-0.2, 0) is 4.74 Å². The van der Waals surface area contributed by atoms with Gasteiger partial charge in [0.25, 0.3) is 11.8 Å². The number of rotatable bonds is 6. The molecule has 0 spiro atoms. The molecule has 8 rings (SSSR count). The minimum absolute atomic E-state index is 0.0622. The molecule has 14 nitrogen and oxygen atoms in total. The maximum atomic E-state index is 12.8. The SMILES string of the molecule is Cc1nn(C2CCN(C(=O)OC(C)(C)C)CC2)c2ncc(C(=O)Nc3ccc(Cl)cc3)c(Cl)c12.Cc1nn(C2CCNCC2)c2ncc(C(=O)Nc3ccc(Cl)cc3)c(Cl)c12. The van der Waals surface area contributed by atoms with Crippen molar-refractivity contribution in [2.24, 2.45) is 0 Å². The van der Waals surface area contributed by atoms with Gasteiger partial charge in [-0.3, -0.25) is 9.59 Å². The summed E-state index contributed by atoms with van der Waals surface area (Å²) >= 11 is 25.1. The zero-order chi connectivity index (χ0) is 43.6. The smallest absolute Gasteiger partial charge is 0.410 e. The third kappa shape index (κ3) is 10.1. The lowest BCUT2D eigenvalue weighted by atomic mass is 10.1. The van der Waals surface area contributed by atoms with Crippen molar-refractivity contribution in [3.63, 3.8) is 0 Å². The van der Waals surface area contributed by atoms with E-state index >= 15 is 0 Å². The van der Waals surface area contributed by atoms with E-state index in [0.717, 1.165) is 42.7 Å². The monoisotopic (exact) mass is 906 g/mol. The Labute approximate surface area is 373 Å². The highest BCUT2D eigenvalue weighted by Gasteiger charge is 2.30. The highest BCUT2D eigenvalue weighted by Crippen LogP contribution is 2.35. The highest BCUT2D eigenvalue weighted by atomic mass is 35.5. The van der Waals surface area contributed by atoms with E-state index in [1.165, 1.54) is 12.4 Å². The summed E-state index contributed by atoms with van der Waals surface area (Å²) in [6, 6.07) is 14.1. The van der Waals surface area contributed by atoms with Crippen LogP contribution in [0.2, 0.25) is 20.1 Å². The molecule has 2 fully saturated rings. The van der Waals surface area contributed by atoms with E-state index in [1.807, 2.05) is 44.0 Å². The average molecular weight is 909 g/mol. The Morgan fingerprint density at radius 3 is 1.49 bits per heavy atom. The molecule has 6 aromatic rings. The minimum Gasteiger partial charge on any atom is -0.444 e. The van der Waals surface area contributed by atoms with Gasteiger partial charge in [-0.25, -0.2) is 24.1 Å². The van der Waals surface area contributed by atoms with Crippen molar-refractivity contribution in [3.8, 4) is 0 Å². The second-order valence-electron chi connectivity index (χ2n) is 16.0. The lowest BCUT2D eigenvalue weighted by Crippen LogP contribution is -2.42. The highest BCUT2D eigenvalue weighted by molar-refractivity contribution is 6.39. The zero-order valence-corrected chi connectivity index (χ0v) is 37.4. The van der Waals surface area contributed by atoms with Crippen molar-refractivity contribution in [2.75, 3.05) is 36.8 Å². The summed E-state index contributed by atoms with van der Waals surface area (Å²) in [5.74, 6) is -0.676. The number of carbonyl (C=O) groups is 3. The molecule has 2 aromatic carbocycles. The van der Waals surface area contributed by atoms with Crippen LogP contribution >= 0.6 is 46.4 Å². The van der Waals surface area contributed by atoms with E-state index in [-0.39, 0.29) is 29.5 Å². The molecule has 0 aliphatic carbocycles. The third-order valence-electron chi connectivity index (χ3n) is 10.5. The van der Waals surface area contributed by atoms with Crippen molar-refractivity contribution in [2.45, 2.75) is 78.0 Å². The zero-order valence-electron chi connectivity index (χ0n) is 34.4. The fourth-order valence-corrected chi connectivity index (χ4v) is 8.39. The number of carbonyl (C=O) groups excluding carboxylic acids is 3. The van der Waals surface area contributed by atoms with Gasteiger partial charge in [0.15, 0.2) is 11.3 Å². The number of nitrogens with one attached hydrogen (secondary N) is 3. The fourth-order valence-electron chi connectivity index (χ4n) is 7.43. The quantitative estimate of drug-likeness (QED) is 0.148. The van der Waals surface area contributed by atoms with Gasteiger partial charge in [-0.2, -0.15) is 10.2 Å². The van der Waals surface area contributed by atoms with Crippen LogP contribution in [0.1, 0.15) is 90.6 Å². The van der Waals surface area contributed by atoms with Gasteiger partial charge in [0.05, 0.1) is 55.4 Å². The number of anilines is 2. The molecule has 3 amide bonds. The van der Waals surface area contributed by atoms with E-state index in [9.17, 15) is 14.4 Å². The minimum atomic E-state index is -0.526. The van der Waals surface area contributed by atoms with Gasteiger partial charge in [0.1, 0.15) is 5.60 Å². The van der Waals surface area contributed by atoms with Crippen LogP contribution in [0.5, 0.6) is 0 Å². The number of aromatic nitrogens is 6. The number of piperidine rings is 2. The number of likely N-dealkylation sites (tertiary alicyclic amines) is 1. The van der Waals surface area contributed by atoms with Gasteiger partial charge in [0.2, 0.25) is 0 Å². The Bertz CT molecular complexity index is 2580. The molecular formula is C43H46Cl4N10O4. The van der Waals surface area contributed by atoms with Gasteiger partial charge < -0.3 is 25.6 Å². The number of pyridine rings is 2. The van der Waals surface area contributed by atoms with E-state index in [0.29, 0.717) is 85.7 Å². The molecule has 0 unspecified atom stereocenters. The normalized spacial score (nSPS) is 15.1. The molecule has 0 saturated carbocycles. The first kappa shape index (κ1) is 44.1. The van der Waals surface area contributed by atoms with Crippen LogP contribution in [-0.4, -0.2) is 84.1 Å². The molecule has 3 N–H and O–H groups in total. The van der Waals surface area contributed by atoms with Crippen LogP contribution < -0.4 is 16.0 Å². The summed E-state index contributed by atoms with van der Waals surface area (Å²) in [4.78, 5) is 48.7. The molecule has 61 heavy (non-hydrogen) atoms. The van der Waals surface area contributed by atoms with Gasteiger partial charge in [-0.15, -0.1) is 0 Å². The van der Waals surface area contributed by atoms with Gasteiger partial charge in [-0.05, 0) is 122 Å². The molecule has 0 atom stereocenters. The first-order chi connectivity index (χ1) is 29.1. The van der Waals surface area contributed by atoms with Crippen LogP contribution in [0.25, 0.3) is 22.1 Å². The molecule has 0 radical (unpaired) electrons. The number of halogens is 4. The van der Waals surface area contributed by atoms with Crippen molar-refractivity contribution < 1.29 is 19.1 Å². The molecule has 4 aromatic heterocycles. The van der Waals surface area contributed by atoms with Crippen molar-refractivity contribution in [1.82, 2.24) is 39.7 Å². The van der Waals surface area contributed by atoms with Crippen LogP contribution in [0.15, 0.2) is 60.9 Å². The summed E-state index contributed by atoms with van der Waals surface area (Å²) in [5.41, 5.74) is 4.15. The first-order valence-electron chi connectivity index (χ1n) is 20.0. The van der Waals surface area contributed by atoms with Gasteiger partial charge in [-0.1, -0.05) is 46.4 Å². The van der Waals surface area contributed by atoms with Crippen molar-refractivity contribution in [3.05, 3.63) is 104 Å². The Balaban J connectivity index is 0.000000189. The topological polar surface area (TPSA) is 161 Å². The van der Waals surface area contributed by atoms with Crippen molar-refractivity contribution >= 4 is 97.8 Å². The lowest BCUT2D eigenvalue weighted by molar-refractivity contribution is 0.0185. The number of hydrogen-bond donors (Lipinski definition) is 3. The van der Waals surface area contributed by atoms with Crippen LogP contribution in [0.4, 0.5) is 16.2 Å². The summed E-state index contributed by atoms with van der Waals surface area (Å²) in [6.45, 7) is 12.4. The van der Waals surface area contributed by atoms with E-state index < -0.39 is 5.60 Å². The van der Waals surface area contributed by atoms with Crippen LogP contribution in [0, 0.1) is 13.8 Å². The summed E-state index contributed by atoms with van der Waals surface area (Å²) in [6.07, 6.45) is 6.12. The Hall–Kier alpha value is -4.99. The molecular weight excluding hydrogens is 862 g/mol. The summed E-state index contributed by atoms with van der Waals surface area (Å²) < 4.78 is 9.30. The number of hydrogen-bond acceptors (Lipinski definition) is 9. The Morgan fingerprint density at radius 1 is 0.672 bits per heavy atom. The Kier molecular flexibility index (Phi) is 13.4. The summed E-state index contributed by atoms with van der Waals surface area (Å²) in [7, 11) is 0. The third-order valence-corrected chi connectivity index (χ3v) is 11.8. The summed E-state index contributed by atoms with van der Waals surface area (Å²) in [5, 5.41) is 21.6. The number of nitrogens with zero attached hydrogens (tertiary/aromatic N) is 7. The maximum Gasteiger partial charge on any atom is 0.410 e. The van der Waals surface area contributed by atoms with Crippen LogP contribution in [0.3, 0.4) is 0 Å². The number of aryl methyl sites for hydroxylation is 2. The van der Waals surface area contributed by atoms with E-state index in [2.05, 4.69) is 36.1 Å². The lowest BCUT2D eigenvalue weighted by Gasteiger charge is -2.33. The fraction of sp³-hybridized carbons (Fsp3) is 0.372. The second-order valence-corrected chi connectivity index (χ2v) is 17.7. The molecule has 2 aliphatic heterocycles. The standard InChI is InChI=1S/C24H27Cl2N5O3.C19H19Cl2N5O/c1-14-19-20(26)18(22(32)28-16-7-5-15(25)6-8-16)13-27-21(19)31(29-14)17-9-11-30(12-10-17)23(33)34-24(2,3)4;1-11-16-17(21)15(19(27)24-13-4-2-12(20)3-5-13)10-23-18(16)26(25-11)14-6-8-22-9-7-14/h5-8,13,17H,9-12H2,1-4H3,(H,28,32);2-5,10,14,22H,6-9H2,1H3,(H,24,27). The average Bonchev–Trinajstić information content (AvgIpc) is 3.76. The predicted octanol–water partition coefficient (Wildman–Crippen LogP) is 10.1. The molecule has 2 aliphatic rings. The predicted molar refractivity (Wildman–Crippen MR) is 241 cm³/mol. The molecule has 2 saturated heterocycles. The van der Waals surface area contributed by atoms with Gasteiger partial charge >= 0.3 is 6.09 Å². The maximum absolute atomic E-state index is 12.8. The van der Waals surface area contributed by atoms with E-state index in [4.69, 9.17) is 51.1 Å². The molecule has 18 heteroatoms. The van der Waals surface area contributed by atoms with E-state index in [1.54, 1.807) is 53.4 Å². The first-order valence-corrected chi connectivity index (χ1v) is 21.5. The van der Waals surface area contributed by atoms with Gasteiger partial charge in [0, 0.05) is 46.9 Å². The largest absolute Gasteiger partial charge is 0.444 e. The van der Waals surface area contributed by atoms with Crippen molar-refractivity contribution in [1.29, 1.82) is 0 Å². The Morgan fingerprint density at radius 2 is 1.08 bits per heavy atom. The number of benzene rings is 2. The molecule has 320 valence electrons. The molecule has 6 heterocycles. The number of fused-ring (bicyclic) bond motifs is 2. The number of ether oxygens (including phenoxy) is 1. The number of amides is 3. The molecule has 0 bridgehead atoms. The second kappa shape index (κ2) is 18.5.